The Morgan fingerprint density at radius 2 is 2.55 bits per heavy atom. The first-order valence-electron chi connectivity index (χ1n) is 3.04. The van der Waals surface area contributed by atoms with Gasteiger partial charge in [-0.25, -0.2) is 5.90 Å². The van der Waals surface area contributed by atoms with Crippen molar-refractivity contribution in [2.45, 2.75) is 6.61 Å². The van der Waals surface area contributed by atoms with Gasteiger partial charge in [0.25, 0.3) is 0 Å². The number of pyridine rings is 1. The Bertz CT molecular complexity index is 279. The monoisotopic (exact) mass is 149 g/mol. The molecule has 0 fully saturated rings. The van der Waals surface area contributed by atoms with Crippen LogP contribution in [0.3, 0.4) is 0 Å². The zero-order valence-electron chi connectivity index (χ0n) is 5.82. The summed E-state index contributed by atoms with van der Waals surface area (Å²) in [7, 11) is 0. The van der Waals surface area contributed by atoms with Crippen LogP contribution in [0.15, 0.2) is 18.3 Å². The Morgan fingerprint density at radius 3 is 3.18 bits per heavy atom. The van der Waals surface area contributed by atoms with Crippen LogP contribution < -0.4 is 5.90 Å². The van der Waals surface area contributed by atoms with E-state index in [9.17, 15) is 0 Å². The van der Waals surface area contributed by atoms with Crippen LogP contribution in [0.1, 0.15) is 11.3 Å². The van der Waals surface area contributed by atoms with Gasteiger partial charge < -0.3 is 0 Å². The van der Waals surface area contributed by atoms with Crippen molar-refractivity contribution in [2.24, 2.45) is 5.90 Å². The Hall–Kier alpha value is -1.44. The second-order valence-electron chi connectivity index (χ2n) is 1.92. The first-order valence-corrected chi connectivity index (χ1v) is 3.04. The highest BCUT2D eigenvalue weighted by Crippen LogP contribution is 2.03. The van der Waals surface area contributed by atoms with Crippen LogP contribution in [0.25, 0.3) is 0 Å². The van der Waals surface area contributed by atoms with Gasteiger partial charge in [-0.05, 0) is 12.1 Å². The molecule has 1 aromatic rings. The Kier molecular flexibility index (Phi) is 2.55. The van der Waals surface area contributed by atoms with Crippen molar-refractivity contribution in [3.63, 3.8) is 0 Å². The van der Waals surface area contributed by atoms with Gasteiger partial charge in [-0.2, -0.15) is 5.26 Å². The molecular weight excluding hydrogens is 142 g/mol. The molecule has 56 valence electrons. The molecule has 1 heterocycles. The van der Waals surface area contributed by atoms with Crippen LogP contribution in [0.4, 0.5) is 0 Å². The molecule has 0 aromatic carbocycles. The number of hydrogen-bond donors (Lipinski definition) is 1. The number of nitrogens with two attached hydrogens (primary N) is 1. The molecule has 0 unspecified atom stereocenters. The summed E-state index contributed by atoms with van der Waals surface area (Å²) in [4.78, 5) is 8.27. The second kappa shape index (κ2) is 3.66. The Morgan fingerprint density at radius 1 is 1.73 bits per heavy atom. The van der Waals surface area contributed by atoms with E-state index in [1.165, 1.54) is 0 Å². The lowest BCUT2D eigenvalue weighted by Gasteiger charge is -1.98. The van der Waals surface area contributed by atoms with E-state index < -0.39 is 0 Å². The van der Waals surface area contributed by atoms with Crippen LogP contribution in [0, 0.1) is 11.3 Å². The van der Waals surface area contributed by atoms with Crippen LogP contribution >= 0.6 is 0 Å². The van der Waals surface area contributed by atoms with Crippen molar-refractivity contribution in [3.05, 3.63) is 29.6 Å². The fourth-order valence-electron chi connectivity index (χ4n) is 0.734. The average molecular weight is 149 g/mol. The highest BCUT2D eigenvalue weighted by atomic mass is 16.6. The molecule has 0 aliphatic heterocycles. The Balaban J connectivity index is 2.95. The van der Waals surface area contributed by atoms with Gasteiger partial charge in [-0.1, -0.05) is 0 Å². The minimum atomic E-state index is 0.170. The van der Waals surface area contributed by atoms with Gasteiger partial charge in [0.2, 0.25) is 0 Å². The summed E-state index contributed by atoms with van der Waals surface area (Å²) in [6.07, 6.45) is 1.59. The van der Waals surface area contributed by atoms with E-state index in [0.29, 0.717) is 11.3 Å². The number of nitriles is 1. The van der Waals surface area contributed by atoms with Crippen molar-refractivity contribution in [2.75, 3.05) is 0 Å². The second-order valence-corrected chi connectivity index (χ2v) is 1.92. The smallest absolute Gasteiger partial charge is 0.111 e. The largest absolute Gasteiger partial charge is 0.298 e. The molecule has 0 spiro atoms. The lowest BCUT2D eigenvalue weighted by molar-refractivity contribution is 0.121. The van der Waals surface area contributed by atoms with Crippen LogP contribution in [0.5, 0.6) is 0 Å². The van der Waals surface area contributed by atoms with Gasteiger partial charge >= 0.3 is 0 Å². The molecule has 4 nitrogen and oxygen atoms in total. The quantitative estimate of drug-likeness (QED) is 0.615. The maximum atomic E-state index is 8.56. The molecule has 4 heteroatoms. The van der Waals surface area contributed by atoms with E-state index >= 15 is 0 Å². The maximum absolute atomic E-state index is 8.56. The van der Waals surface area contributed by atoms with E-state index in [1.807, 2.05) is 6.07 Å². The van der Waals surface area contributed by atoms with E-state index in [0.717, 1.165) is 0 Å². The molecular formula is C7H7N3O. The van der Waals surface area contributed by atoms with E-state index in [1.54, 1.807) is 18.3 Å². The van der Waals surface area contributed by atoms with Crippen molar-refractivity contribution in [3.8, 4) is 6.07 Å². The van der Waals surface area contributed by atoms with Gasteiger partial charge in [0, 0.05) is 6.20 Å². The molecule has 0 radical (unpaired) electrons. The Labute approximate surface area is 64.2 Å². The minimum absolute atomic E-state index is 0.170. The predicted molar refractivity (Wildman–Crippen MR) is 37.9 cm³/mol. The summed E-state index contributed by atoms with van der Waals surface area (Å²) in [6, 6.07) is 5.34. The SMILES string of the molecule is N#Cc1cccnc1CON. The third kappa shape index (κ3) is 1.74. The van der Waals surface area contributed by atoms with Crippen LogP contribution in [-0.2, 0) is 11.4 Å². The molecule has 11 heavy (non-hydrogen) atoms. The fraction of sp³-hybridized carbons (Fsp3) is 0.143. The third-order valence-corrected chi connectivity index (χ3v) is 1.23. The zero-order chi connectivity index (χ0) is 8.10. The van der Waals surface area contributed by atoms with Gasteiger partial charge in [0.05, 0.1) is 11.3 Å². The minimum Gasteiger partial charge on any atom is -0.298 e. The van der Waals surface area contributed by atoms with Crippen molar-refractivity contribution in [1.29, 1.82) is 5.26 Å². The lowest BCUT2D eigenvalue weighted by atomic mass is 10.2. The highest BCUT2D eigenvalue weighted by Gasteiger charge is 1.99. The van der Waals surface area contributed by atoms with Crippen molar-refractivity contribution in [1.82, 2.24) is 4.98 Å². The molecule has 0 atom stereocenters. The number of nitrogens with zero attached hydrogens (tertiary/aromatic N) is 2. The summed E-state index contributed by atoms with van der Waals surface area (Å²) in [5.74, 6) is 4.83. The van der Waals surface area contributed by atoms with Gasteiger partial charge in [0.15, 0.2) is 0 Å². The summed E-state index contributed by atoms with van der Waals surface area (Å²) < 4.78 is 0. The molecule has 0 saturated heterocycles. The summed E-state index contributed by atoms with van der Waals surface area (Å²) >= 11 is 0. The predicted octanol–water partition coefficient (Wildman–Crippen LogP) is 0.344. The summed E-state index contributed by atoms with van der Waals surface area (Å²) in [6.45, 7) is 0.170. The first kappa shape index (κ1) is 7.66. The molecule has 0 aliphatic carbocycles. The lowest BCUT2D eigenvalue weighted by Crippen LogP contribution is -2.02. The van der Waals surface area contributed by atoms with E-state index in [2.05, 4.69) is 9.82 Å². The maximum Gasteiger partial charge on any atom is 0.111 e. The van der Waals surface area contributed by atoms with E-state index in [-0.39, 0.29) is 6.61 Å². The average Bonchev–Trinajstić information content (AvgIpc) is 2.06. The highest BCUT2D eigenvalue weighted by molar-refractivity contribution is 5.31. The van der Waals surface area contributed by atoms with Gasteiger partial charge in [0.1, 0.15) is 12.7 Å². The van der Waals surface area contributed by atoms with Gasteiger partial charge in [-0.3, -0.25) is 9.82 Å². The zero-order valence-corrected chi connectivity index (χ0v) is 5.82. The summed E-state index contributed by atoms with van der Waals surface area (Å²) in [5.41, 5.74) is 1.07. The molecule has 1 rings (SSSR count). The van der Waals surface area contributed by atoms with Crippen molar-refractivity contribution >= 4 is 0 Å². The number of rotatable bonds is 2. The number of hydrogen-bond acceptors (Lipinski definition) is 4. The molecule has 2 N–H and O–H groups in total. The molecule has 1 aromatic heterocycles. The standard InChI is InChI=1S/C7H7N3O/c8-4-6-2-1-3-10-7(6)5-11-9/h1-3H,5,9H2. The third-order valence-electron chi connectivity index (χ3n) is 1.23. The van der Waals surface area contributed by atoms with Crippen LogP contribution in [-0.4, -0.2) is 4.98 Å². The normalized spacial score (nSPS) is 9.09. The topological polar surface area (TPSA) is 71.9 Å². The first-order chi connectivity index (χ1) is 5.38. The molecule has 0 saturated carbocycles. The summed E-state index contributed by atoms with van der Waals surface area (Å²) in [5, 5.41) is 8.56. The molecule has 0 amide bonds. The van der Waals surface area contributed by atoms with Crippen LogP contribution in [0.2, 0.25) is 0 Å². The van der Waals surface area contributed by atoms with Gasteiger partial charge in [-0.15, -0.1) is 0 Å². The van der Waals surface area contributed by atoms with E-state index in [4.69, 9.17) is 11.2 Å². The number of aromatic nitrogens is 1. The molecule has 0 aliphatic rings. The fourth-order valence-corrected chi connectivity index (χ4v) is 0.734. The van der Waals surface area contributed by atoms with Crippen molar-refractivity contribution < 1.29 is 4.84 Å². The molecule has 0 bridgehead atoms.